The Morgan fingerprint density at radius 3 is 2.76 bits per heavy atom. The lowest BCUT2D eigenvalue weighted by atomic mass is 9.88. The Morgan fingerprint density at radius 2 is 2.00 bits per heavy atom. The molecule has 1 aliphatic rings. The molecule has 38 heavy (non-hydrogen) atoms. The van der Waals surface area contributed by atoms with Crippen LogP contribution in [0.15, 0.2) is 72.2 Å². The topological polar surface area (TPSA) is 84.4 Å². The van der Waals surface area contributed by atoms with Crippen molar-refractivity contribution in [2.45, 2.75) is 32.4 Å². The number of amides is 2. The summed E-state index contributed by atoms with van der Waals surface area (Å²) < 4.78 is 19.6. The minimum Gasteiger partial charge on any atom is -0.486 e. The Morgan fingerprint density at radius 1 is 1.16 bits per heavy atom. The van der Waals surface area contributed by atoms with Gasteiger partial charge >= 0.3 is 0 Å². The van der Waals surface area contributed by atoms with Crippen LogP contribution in [-0.2, 0) is 24.2 Å². The molecule has 0 aliphatic carbocycles. The fourth-order valence-corrected chi connectivity index (χ4v) is 5.28. The molecule has 1 atom stereocenters. The number of benzene rings is 2. The fourth-order valence-electron chi connectivity index (χ4n) is 4.59. The van der Waals surface area contributed by atoms with Crippen molar-refractivity contribution in [3.05, 3.63) is 111 Å². The predicted octanol–water partition coefficient (Wildman–Crippen LogP) is 4.72. The SMILES string of the molecule is CC(=O)N1CCc2ccc(OCc3nc(C(=O)NCCc4ccccn4)cs3)cc2[C@H]1c1ccc(F)cc1. The highest BCUT2D eigenvalue weighted by Gasteiger charge is 2.31. The lowest BCUT2D eigenvalue weighted by Gasteiger charge is -2.37. The third-order valence-electron chi connectivity index (χ3n) is 6.48. The fraction of sp³-hybridized carbons (Fsp3) is 0.241. The molecule has 0 fully saturated rings. The normalized spacial score (nSPS) is 14.6. The zero-order chi connectivity index (χ0) is 26.5. The van der Waals surface area contributed by atoms with E-state index in [9.17, 15) is 14.0 Å². The van der Waals surface area contributed by atoms with Gasteiger partial charge in [-0.3, -0.25) is 14.6 Å². The third-order valence-corrected chi connectivity index (χ3v) is 7.30. The lowest BCUT2D eigenvalue weighted by molar-refractivity contribution is -0.130. The van der Waals surface area contributed by atoms with Gasteiger partial charge in [-0.15, -0.1) is 11.3 Å². The molecule has 0 unspecified atom stereocenters. The maximum Gasteiger partial charge on any atom is 0.270 e. The van der Waals surface area contributed by atoms with E-state index in [1.54, 1.807) is 35.5 Å². The average molecular weight is 531 g/mol. The number of rotatable bonds is 8. The zero-order valence-corrected chi connectivity index (χ0v) is 21.7. The smallest absolute Gasteiger partial charge is 0.270 e. The number of ether oxygens (including phenoxy) is 1. The number of pyridine rings is 1. The van der Waals surface area contributed by atoms with Gasteiger partial charge in [0, 0.05) is 43.7 Å². The minimum atomic E-state index is -0.319. The molecule has 2 aromatic heterocycles. The second kappa shape index (κ2) is 11.5. The van der Waals surface area contributed by atoms with Crippen LogP contribution in [0.25, 0.3) is 0 Å². The minimum absolute atomic E-state index is 0.0371. The number of carbonyl (C=O) groups excluding carboxylic acids is 2. The first-order valence-corrected chi connectivity index (χ1v) is 13.3. The van der Waals surface area contributed by atoms with Crippen molar-refractivity contribution >= 4 is 23.2 Å². The summed E-state index contributed by atoms with van der Waals surface area (Å²) >= 11 is 1.36. The van der Waals surface area contributed by atoms with Gasteiger partial charge in [-0.2, -0.15) is 0 Å². The van der Waals surface area contributed by atoms with Crippen LogP contribution in [0.5, 0.6) is 5.75 Å². The lowest BCUT2D eigenvalue weighted by Crippen LogP contribution is -2.39. The molecule has 3 heterocycles. The molecule has 1 N–H and O–H groups in total. The van der Waals surface area contributed by atoms with Gasteiger partial charge in [-0.25, -0.2) is 9.37 Å². The molecule has 0 saturated carbocycles. The van der Waals surface area contributed by atoms with Gasteiger partial charge < -0.3 is 15.0 Å². The summed E-state index contributed by atoms with van der Waals surface area (Å²) in [5, 5.41) is 5.27. The molecule has 4 aromatic rings. The second-order valence-corrected chi connectivity index (χ2v) is 9.96. The first-order valence-electron chi connectivity index (χ1n) is 12.4. The molecule has 9 heteroatoms. The number of fused-ring (bicyclic) bond motifs is 1. The number of hydrogen-bond acceptors (Lipinski definition) is 6. The number of carbonyl (C=O) groups is 2. The van der Waals surface area contributed by atoms with Gasteiger partial charge in [0.25, 0.3) is 5.91 Å². The monoisotopic (exact) mass is 530 g/mol. The van der Waals surface area contributed by atoms with Crippen molar-refractivity contribution in [2.75, 3.05) is 13.1 Å². The molecule has 5 rings (SSSR count). The molecule has 0 radical (unpaired) electrons. The summed E-state index contributed by atoms with van der Waals surface area (Å²) in [5.74, 6) is 0.0485. The second-order valence-electron chi connectivity index (χ2n) is 9.02. The number of aromatic nitrogens is 2. The molecule has 0 saturated heterocycles. The average Bonchev–Trinajstić information content (AvgIpc) is 3.41. The van der Waals surface area contributed by atoms with Gasteiger partial charge in [-0.1, -0.05) is 24.3 Å². The summed E-state index contributed by atoms with van der Waals surface area (Å²) in [4.78, 5) is 35.4. The van der Waals surface area contributed by atoms with Crippen LogP contribution in [0.3, 0.4) is 0 Å². The van der Waals surface area contributed by atoms with Gasteiger partial charge in [0.1, 0.15) is 28.9 Å². The molecule has 2 amide bonds. The van der Waals surface area contributed by atoms with Crippen molar-refractivity contribution in [1.29, 1.82) is 0 Å². The van der Waals surface area contributed by atoms with Gasteiger partial charge in [-0.05, 0) is 59.5 Å². The zero-order valence-electron chi connectivity index (χ0n) is 20.9. The summed E-state index contributed by atoms with van der Waals surface area (Å²) in [5.41, 5.74) is 4.20. The van der Waals surface area contributed by atoms with E-state index in [1.165, 1.54) is 23.5 Å². The summed E-state index contributed by atoms with van der Waals surface area (Å²) in [6, 6.07) is 17.5. The first-order chi connectivity index (χ1) is 18.5. The molecule has 7 nitrogen and oxygen atoms in total. The standard InChI is InChI=1S/C29H27FN4O3S/c1-19(35)34-15-12-20-7-10-24(16-25(20)28(34)21-5-8-22(30)9-6-21)37-17-27-33-26(18-38-27)29(36)32-14-11-23-4-2-3-13-31-23/h2-10,13,16,18,28H,11-12,14-15,17H2,1H3,(H,32,36)/t28-/m1/s1. The number of nitrogens with zero attached hydrogens (tertiary/aromatic N) is 3. The molecular weight excluding hydrogens is 503 g/mol. The molecule has 1 aliphatic heterocycles. The molecular formula is C29H27FN4O3S. The number of hydrogen-bond donors (Lipinski definition) is 1. The Bertz CT molecular complexity index is 1430. The first kappa shape index (κ1) is 25.5. The van der Waals surface area contributed by atoms with Gasteiger partial charge in [0.05, 0.1) is 6.04 Å². The maximum atomic E-state index is 13.6. The van der Waals surface area contributed by atoms with Crippen LogP contribution in [0.1, 0.15) is 50.8 Å². The Kier molecular flexibility index (Phi) is 7.74. The van der Waals surface area contributed by atoms with Crippen LogP contribution in [-0.4, -0.2) is 39.8 Å². The van der Waals surface area contributed by atoms with E-state index in [4.69, 9.17) is 4.74 Å². The van der Waals surface area contributed by atoms with Crippen molar-refractivity contribution in [3.8, 4) is 5.75 Å². The van der Waals surface area contributed by atoms with Crippen LogP contribution in [0.2, 0.25) is 0 Å². The van der Waals surface area contributed by atoms with Gasteiger partial charge in [0.15, 0.2) is 0 Å². The Hall–Kier alpha value is -4.11. The Balaban J connectivity index is 1.25. The van der Waals surface area contributed by atoms with E-state index >= 15 is 0 Å². The maximum absolute atomic E-state index is 13.6. The summed E-state index contributed by atoms with van der Waals surface area (Å²) in [7, 11) is 0. The van der Waals surface area contributed by atoms with Crippen molar-refractivity contribution in [2.24, 2.45) is 0 Å². The van der Waals surface area contributed by atoms with Gasteiger partial charge in [0.2, 0.25) is 5.91 Å². The van der Waals surface area contributed by atoms with Crippen molar-refractivity contribution in [3.63, 3.8) is 0 Å². The summed E-state index contributed by atoms with van der Waals surface area (Å²) in [6.07, 6.45) is 3.11. The van der Waals surface area contributed by atoms with Crippen molar-refractivity contribution in [1.82, 2.24) is 20.2 Å². The van der Waals surface area contributed by atoms with E-state index < -0.39 is 0 Å². The number of nitrogens with one attached hydrogen (secondary N) is 1. The van der Waals surface area contributed by atoms with Crippen LogP contribution >= 0.6 is 11.3 Å². The van der Waals surface area contributed by atoms with E-state index in [1.807, 2.05) is 36.4 Å². The van der Waals surface area contributed by atoms with Crippen LogP contribution < -0.4 is 10.1 Å². The van der Waals surface area contributed by atoms with E-state index in [-0.39, 0.29) is 30.3 Å². The largest absolute Gasteiger partial charge is 0.486 e. The summed E-state index contributed by atoms with van der Waals surface area (Å²) in [6.45, 7) is 2.83. The molecule has 194 valence electrons. The highest BCUT2D eigenvalue weighted by Crippen LogP contribution is 2.37. The van der Waals surface area contributed by atoms with Crippen molar-refractivity contribution < 1.29 is 18.7 Å². The van der Waals surface area contributed by atoms with E-state index in [0.717, 1.165) is 28.8 Å². The molecule has 2 aromatic carbocycles. The number of halogens is 1. The highest BCUT2D eigenvalue weighted by molar-refractivity contribution is 7.09. The van der Waals surface area contributed by atoms with E-state index in [2.05, 4.69) is 15.3 Å². The quantitative estimate of drug-likeness (QED) is 0.356. The third kappa shape index (κ3) is 5.89. The van der Waals surface area contributed by atoms with Crippen LogP contribution in [0.4, 0.5) is 4.39 Å². The highest BCUT2D eigenvalue weighted by atomic mass is 32.1. The predicted molar refractivity (Wildman–Crippen MR) is 142 cm³/mol. The van der Waals surface area contributed by atoms with Crippen LogP contribution in [0, 0.1) is 5.82 Å². The number of thiazole rings is 1. The molecule has 0 bridgehead atoms. The molecule has 0 spiro atoms. The van der Waals surface area contributed by atoms with E-state index in [0.29, 0.717) is 36.0 Å². The Labute approximate surface area is 224 Å².